The highest BCUT2D eigenvalue weighted by molar-refractivity contribution is 5.86. The van der Waals surface area contributed by atoms with Crippen LogP contribution in [0.1, 0.15) is 37.7 Å². The maximum absolute atomic E-state index is 3.97. The van der Waals surface area contributed by atoms with E-state index in [1.54, 1.807) is 6.42 Å². The predicted molar refractivity (Wildman–Crippen MR) is 106 cm³/mol. The maximum atomic E-state index is 3.97. The fraction of sp³-hybridized carbons (Fsp3) is 0.524. The van der Waals surface area contributed by atoms with Gasteiger partial charge in [-0.1, -0.05) is 42.5 Å². The molecule has 130 valence electrons. The van der Waals surface area contributed by atoms with Crippen LogP contribution in [0.3, 0.4) is 0 Å². The van der Waals surface area contributed by atoms with Gasteiger partial charge in [0.1, 0.15) is 0 Å². The second-order valence-electron chi connectivity index (χ2n) is 7.98. The quantitative estimate of drug-likeness (QED) is 0.748. The highest BCUT2D eigenvalue weighted by Crippen LogP contribution is 2.53. The zero-order valence-electron chi connectivity index (χ0n) is 14.0. The number of hydrogen-bond acceptors (Lipinski definition) is 1. The van der Waals surface area contributed by atoms with Gasteiger partial charge in [0.2, 0.25) is 0 Å². The van der Waals surface area contributed by atoms with Crippen LogP contribution >= 0.6 is 24.8 Å². The molecule has 0 spiro atoms. The van der Waals surface area contributed by atoms with Crippen molar-refractivity contribution >= 4 is 35.6 Å². The summed E-state index contributed by atoms with van der Waals surface area (Å²) in [7, 11) is 0. The number of hydrogen-bond donors (Lipinski definition) is 1. The van der Waals surface area contributed by atoms with Crippen LogP contribution in [-0.2, 0) is 6.54 Å². The summed E-state index contributed by atoms with van der Waals surface area (Å²) in [5.41, 5.74) is 1.46. The fourth-order valence-corrected chi connectivity index (χ4v) is 5.93. The van der Waals surface area contributed by atoms with Gasteiger partial charge in [-0.05, 0) is 72.1 Å². The zero-order valence-corrected chi connectivity index (χ0v) is 15.6. The van der Waals surface area contributed by atoms with Crippen LogP contribution in [0.4, 0.5) is 0 Å². The van der Waals surface area contributed by atoms with Crippen molar-refractivity contribution in [3.8, 4) is 0 Å². The molecule has 0 radical (unpaired) electrons. The molecule has 4 fully saturated rings. The van der Waals surface area contributed by atoms with Crippen LogP contribution in [0.15, 0.2) is 42.5 Å². The summed E-state index contributed by atoms with van der Waals surface area (Å²) < 4.78 is 0. The molecule has 0 amide bonds. The van der Waals surface area contributed by atoms with Crippen molar-refractivity contribution in [2.45, 2.75) is 44.7 Å². The molecule has 4 aliphatic carbocycles. The second-order valence-corrected chi connectivity index (χ2v) is 7.98. The van der Waals surface area contributed by atoms with E-state index in [9.17, 15) is 0 Å². The van der Waals surface area contributed by atoms with Crippen molar-refractivity contribution in [2.75, 3.05) is 0 Å². The van der Waals surface area contributed by atoms with Crippen molar-refractivity contribution in [2.24, 2.45) is 23.7 Å². The number of benzene rings is 2. The van der Waals surface area contributed by atoms with E-state index in [1.165, 1.54) is 42.0 Å². The normalized spacial score (nSPS) is 33.1. The Kier molecular flexibility index (Phi) is 5.44. The molecule has 1 N–H and O–H groups in total. The number of halogens is 2. The first kappa shape index (κ1) is 18.0. The number of nitrogens with one attached hydrogen (secondary N) is 1. The summed E-state index contributed by atoms with van der Waals surface area (Å²) in [4.78, 5) is 0. The first-order valence-electron chi connectivity index (χ1n) is 9.07. The Morgan fingerprint density at radius 3 is 2.08 bits per heavy atom. The lowest BCUT2D eigenvalue weighted by molar-refractivity contribution is -0.0142. The first-order valence-corrected chi connectivity index (χ1v) is 9.07. The topological polar surface area (TPSA) is 12.0 Å². The van der Waals surface area contributed by atoms with Crippen molar-refractivity contribution in [1.82, 2.24) is 5.32 Å². The standard InChI is InChI=1S/C21H25N.2ClH/c1-2-7-20-16(4-1)5-3-6-17(20)13-22-21-18-9-14-8-15(11-18)12-19(21)10-14;;/h1-7,14-15,18-19,21-22H,8-13H2;2*1H. The minimum Gasteiger partial charge on any atom is -0.309 e. The molecule has 2 aromatic carbocycles. The molecule has 6 rings (SSSR count). The third-order valence-corrected chi connectivity index (χ3v) is 6.63. The third kappa shape index (κ3) is 3.07. The second kappa shape index (κ2) is 7.23. The summed E-state index contributed by atoms with van der Waals surface area (Å²) in [5.74, 6) is 4.06. The van der Waals surface area contributed by atoms with Gasteiger partial charge >= 0.3 is 0 Å². The fourth-order valence-electron chi connectivity index (χ4n) is 5.93. The molecule has 4 saturated carbocycles. The van der Waals surface area contributed by atoms with Crippen molar-refractivity contribution < 1.29 is 0 Å². The van der Waals surface area contributed by atoms with E-state index < -0.39 is 0 Å². The van der Waals surface area contributed by atoms with Gasteiger partial charge in [-0.2, -0.15) is 0 Å². The van der Waals surface area contributed by atoms with E-state index in [4.69, 9.17) is 0 Å². The molecule has 4 aliphatic rings. The van der Waals surface area contributed by atoms with Crippen LogP contribution in [-0.4, -0.2) is 6.04 Å². The van der Waals surface area contributed by atoms with Crippen LogP contribution in [0.2, 0.25) is 0 Å². The van der Waals surface area contributed by atoms with E-state index in [-0.39, 0.29) is 24.8 Å². The van der Waals surface area contributed by atoms with Gasteiger partial charge in [-0.25, -0.2) is 0 Å². The van der Waals surface area contributed by atoms with E-state index in [1.807, 2.05) is 0 Å². The highest BCUT2D eigenvalue weighted by atomic mass is 35.5. The number of rotatable bonds is 3. The molecule has 0 saturated heterocycles. The Labute approximate surface area is 157 Å². The van der Waals surface area contributed by atoms with Gasteiger partial charge in [0.25, 0.3) is 0 Å². The maximum Gasteiger partial charge on any atom is 0.0214 e. The SMILES string of the molecule is Cl.Cl.c1ccc2c(CNC3C4CC5CC(C4)CC3C5)cccc2c1. The largest absolute Gasteiger partial charge is 0.309 e. The summed E-state index contributed by atoms with van der Waals surface area (Å²) in [6, 6.07) is 16.3. The van der Waals surface area contributed by atoms with Gasteiger partial charge < -0.3 is 5.32 Å². The van der Waals surface area contributed by atoms with E-state index in [2.05, 4.69) is 47.8 Å². The predicted octanol–water partition coefficient (Wildman–Crippen LogP) is 5.60. The molecule has 24 heavy (non-hydrogen) atoms. The summed E-state index contributed by atoms with van der Waals surface area (Å²) >= 11 is 0. The molecule has 1 nitrogen and oxygen atoms in total. The lowest BCUT2D eigenvalue weighted by Gasteiger charge is -2.54. The Balaban J connectivity index is 0.000000845. The minimum atomic E-state index is 0. The molecule has 3 heteroatoms. The molecular formula is C21H27Cl2N. The summed E-state index contributed by atoms with van der Waals surface area (Å²) in [6.07, 6.45) is 7.55. The monoisotopic (exact) mass is 363 g/mol. The van der Waals surface area contributed by atoms with Crippen LogP contribution < -0.4 is 5.32 Å². The molecule has 0 unspecified atom stereocenters. The zero-order chi connectivity index (χ0) is 14.5. The molecule has 2 aromatic rings. The Bertz CT molecular complexity index is 666. The van der Waals surface area contributed by atoms with Gasteiger partial charge in [0, 0.05) is 12.6 Å². The highest BCUT2D eigenvalue weighted by Gasteiger charge is 2.47. The molecule has 0 atom stereocenters. The van der Waals surface area contributed by atoms with E-state index >= 15 is 0 Å². The average Bonchev–Trinajstić information content (AvgIpc) is 2.54. The number of fused-ring (bicyclic) bond motifs is 1. The summed E-state index contributed by atoms with van der Waals surface area (Å²) in [6.45, 7) is 1.04. The van der Waals surface area contributed by atoms with Crippen molar-refractivity contribution in [1.29, 1.82) is 0 Å². The molecule has 4 bridgehead atoms. The van der Waals surface area contributed by atoms with Gasteiger partial charge in [0.05, 0.1) is 0 Å². The molecule has 0 heterocycles. The van der Waals surface area contributed by atoms with Crippen molar-refractivity contribution in [3.63, 3.8) is 0 Å². The van der Waals surface area contributed by atoms with Crippen molar-refractivity contribution in [3.05, 3.63) is 48.0 Å². The lowest BCUT2D eigenvalue weighted by Crippen LogP contribution is -2.54. The Hall–Kier alpha value is -0.760. The smallest absolute Gasteiger partial charge is 0.0214 e. The minimum absolute atomic E-state index is 0. The van der Waals surface area contributed by atoms with Crippen LogP contribution in [0.25, 0.3) is 10.8 Å². The van der Waals surface area contributed by atoms with E-state index in [0.29, 0.717) is 0 Å². The summed E-state index contributed by atoms with van der Waals surface area (Å²) in [5, 5.41) is 6.76. The molecular weight excluding hydrogens is 337 g/mol. The van der Waals surface area contributed by atoms with Crippen LogP contribution in [0, 0.1) is 23.7 Å². The average molecular weight is 364 g/mol. The van der Waals surface area contributed by atoms with Gasteiger partial charge in [-0.3, -0.25) is 0 Å². The van der Waals surface area contributed by atoms with Gasteiger partial charge in [-0.15, -0.1) is 24.8 Å². The van der Waals surface area contributed by atoms with E-state index in [0.717, 1.165) is 36.3 Å². The Morgan fingerprint density at radius 2 is 1.38 bits per heavy atom. The Morgan fingerprint density at radius 1 is 0.750 bits per heavy atom. The third-order valence-electron chi connectivity index (χ3n) is 6.63. The van der Waals surface area contributed by atoms with Gasteiger partial charge in [0.15, 0.2) is 0 Å². The van der Waals surface area contributed by atoms with Crippen LogP contribution in [0.5, 0.6) is 0 Å². The first-order chi connectivity index (χ1) is 10.9. The molecule has 0 aliphatic heterocycles. The molecule has 0 aromatic heterocycles. The lowest BCUT2D eigenvalue weighted by atomic mass is 9.54.